The third-order valence-electron chi connectivity index (χ3n) is 3.81. The largest absolute Gasteiger partial charge is 0.385 e. The van der Waals surface area contributed by atoms with Gasteiger partial charge in [0.15, 0.2) is 5.78 Å². The molecule has 0 amide bonds. The molecule has 104 valence electrons. The molecule has 1 N–H and O–H groups in total. The molecule has 1 fully saturated rings. The molecule has 0 aliphatic heterocycles. The minimum atomic E-state index is -0.963. The van der Waals surface area contributed by atoms with E-state index in [4.69, 9.17) is 11.6 Å². The summed E-state index contributed by atoms with van der Waals surface area (Å²) in [6.07, 6.45) is 4.03. The van der Waals surface area contributed by atoms with Crippen molar-refractivity contribution in [2.24, 2.45) is 5.92 Å². The van der Waals surface area contributed by atoms with E-state index in [1.54, 1.807) is 6.07 Å². The van der Waals surface area contributed by atoms with Gasteiger partial charge in [-0.15, -0.1) is 0 Å². The summed E-state index contributed by atoms with van der Waals surface area (Å²) in [6.45, 7) is 0. The number of ketones is 1. The highest BCUT2D eigenvalue weighted by atomic mass is 35.5. The summed E-state index contributed by atoms with van der Waals surface area (Å²) in [5, 5.41) is 10.4. The Morgan fingerprint density at radius 1 is 1.37 bits per heavy atom. The molecule has 1 atom stereocenters. The summed E-state index contributed by atoms with van der Waals surface area (Å²) in [6, 6.07) is 4.25. The molecular formula is C15H18ClFO2. The van der Waals surface area contributed by atoms with Crippen LogP contribution < -0.4 is 0 Å². The number of aliphatic hydroxyl groups is 1. The van der Waals surface area contributed by atoms with E-state index in [-0.39, 0.29) is 18.1 Å². The molecule has 1 unspecified atom stereocenters. The molecule has 0 bridgehead atoms. The molecule has 1 aliphatic rings. The van der Waals surface area contributed by atoms with Crippen molar-refractivity contribution in [3.05, 3.63) is 34.6 Å². The van der Waals surface area contributed by atoms with E-state index in [0.717, 1.165) is 25.7 Å². The van der Waals surface area contributed by atoms with Crippen molar-refractivity contribution >= 4 is 17.4 Å². The van der Waals surface area contributed by atoms with Crippen molar-refractivity contribution in [3.8, 4) is 0 Å². The quantitative estimate of drug-likeness (QED) is 0.918. The maximum atomic E-state index is 13.6. The molecule has 0 radical (unpaired) electrons. The predicted octanol–water partition coefficient (Wildman–Crippen LogP) is 3.53. The first-order valence-electron chi connectivity index (χ1n) is 6.72. The van der Waals surface area contributed by atoms with Gasteiger partial charge < -0.3 is 5.11 Å². The maximum absolute atomic E-state index is 13.6. The lowest BCUT2D eigenvalue weighted by Gasteiger charge is -2.25. The van der Waals surface area contributed by atoms with Crippen molar-refractivity contribution in [1.82, 2.24) is 0 Å². The van der Waals surface area contributed by atoms with E-state index in [2.05, 4.69) is 0 Å². The Bertz CT molecular complexity index is 455. The maximum Gasteiger partial charge on any atom is 0.166 e. The number of aliphatic hydroxyl groups excluding tert-OH is 1. The number of rotatable bonds is 4. The Balaban J connectivity index is 1.99. The smallest absolute Gasteiger partial charge is 0.166 e. The van der Waals surface area contributed by atoms with Crippen LogP contribution >= 0.6 is 11.6 Å². The number of hydrogen-bond donors (Lipinski definition) is 1. The van der Waals surface area contributed by atoms with Crippen LogP contribution in [0.5, 0.6) is 0 Å². The number of halogens is 2. The molecule has 2 rings (SSSR count). The Morgan fingerprint density at radius 3 is 2.68 bits per heavy atom. The van der Waals surface area contributed by atoms with Gasteiger partial charge in [0.25, 0.3) is 0 Å². The van der Waals surface area contributed by atoms with E-state index < -0.39 is 11.9 Å². The van der Waals surface area contributed by atoms with E-state index >= 15 is 0 Å². The van der Waals surface area contributed by atoms with Gasteiger partial charge in [0, 0.05) is 11.4 Å². The second-order valence-corrected chi connectivity index (χ2v) is 5.66. The Kier molecular flexibility index (Phi) is 4.94. The van der Waals surface area contributed by atoms with Crippen LogP contribution in [0.15, 0.2) is 18.2 Å². The fourth-order valence-corrected chi connectivity index (χ4v) is 2.83. The number of Topliss-reactive ketones (excluding diaryl/α,β-unsaturated/α-hetero) is 1. The van der Waals surface area contributed by atoms with E-state index in [0.29, 0.717) is 10.6 Å². The fraction of sp³-hybridized carbons (Fsp3) is 0.533. The lowest BCUT2D eigenvalue weighted by Crippen LogP contribution is -2.32. The van der Waals surface area contributed by atoms with Crippen molar-refractivity contribution in [1.29, 1.82) is 0 Å². The van der Waals surface area contributed by atoms with Gasteiger partial charge in [-0.2, -0.15) is 0 Å². The van der Waals surface area contributed by atoms with E-state index in [1.807, 2.05) is 0 Å². The van der Waals surface area contributed by atoms with Crippen molar-refractivity contribution in [3.63, 3.8) is 0 Å². The van der Waals surface area contributed by atoms with Crippen LogP contribution in [0.3, 0.4) is 0 Å². The van der Waals surface area contributed by atoms with Gasteiger partial charge in [-0.25, -0.2) is 4.39 Å². The van der Waals surface area contributed by atoms with E-state index in [1.165, 1.54) is 18.6 Å². The highest BCUT2D eigenvalue weighted by molar-refractivity contribution is 6.30. The molecule has 1 saturated carbocycles. The zero-order valence-electron chi connectivity index (χ0n) is 10.7. The Hall–Kier alpha value is -0.930. The van der Waals surface area contributed by atoms with Crippen LogP contribution in [-0.2, 0) is 11.2 Å². The summed E-state index contributed by atoms with van der Waals surface area (Å²) in [4.78, 5) is 12.0. The molecule has 1 aromatic carbocycles. The summed E-state index contributed by atoms with van der Waals surface area (Å²) >= 11 is 5.66. The lowest BCUT2D eigenvalue weighted by atomic mass is 9.83. The van der Waals surface area contributed by atoms with Gasteiger partial charge in [-0.05, 0) is 36.5 Å². The number of hydrogen-bond acceptors (Lipinski definition) is 2. The second-order valence-electron chi connectivity index (χ2n) is 5.22. The molecule has 2 nitrogen and oxygen atoms in total. The minimum absolute atomic E-state index is 0.0385. The first kappa shape index (κ1) is 14.5. The molecular weight excluding hydrogens is 267 g/mol. The van der Waals surface area contributed by atoms with Crippen LogP contribution in [0, 0.1) is 11.7 Å². The monoisotopic (exact) mass is 284 g/mol. The predicted molar refractivity (Wildman–Crippen MR) is 72.7 cm³/mol. The molecule has 19 heavy (non-hydrogen) atoms. The number of carbonyl (C=O) groups excluding carboxylic acids is 1. The summed E-state index contributed by atoms with van der Waals surface area (Å²) < 4.78 is 13.6. The minimum Gasteiger partial charge on any atom is -0.385 e. The van der Waals surface area contributed by atoms with Gasteiger partial charge >= 0.3 is 0 Å². The first-order valence-corrected chi connectivity index (χ1v) is 7.10. The number of carbonyl (C=O) groups is 1. The second kappa shape index (κ2) is 6.49. The molecule has 1 aliphatic carbocycles. The Labute approximate surface area is 117 Å². The van der Waals surface area contributed by atoms with E-state index in [9.17, 15) is 14.3 Å². The first-order chi connectivity index (χ1) is 9.08. The zero-order chi connectivity index (χ0) is 13.8. The molecule has 1 aromatic rings. The summed E-state index contributed by atoms with van der Waals surface area (Å²) in [7, 11) is 0. The highest BCUT2D eigenvalue weighted by Crippen LogP contribution is 2.27. The normalized spacial score (nSPS) is 18.3. The highest BCUT2D eigenvalue weighted by Gasteiger charge is 2.27. The standard InChI is InChI=1S/C15H18ClFO2/c16-12-7-6-11(13(17)9-12)8-14(18)15(19)10-4-2-1-3-5-10/h6-7,9-10,15,19H,1-5,8H2. The average molecular weight is 285 g/mol. The van der Waals surface area contributed by atoms with Crippen LogP contribution in [0.4, 0.5) is 4.39 Å². The SMILES string of the molecule is O=C(Cc1ccc(Cl)cc1F)C(O)C1CCCCC1. The zero-order valence-corrected chi connectivity index (χ0v) is 11.5. The van der Waals surface area contributed by atoms with Gasteiger partial charge in [0.05, 0.1) is 0 Å². The van der Waals surface area contributed by atoms with Crippen LogP contribution in [-0.4, -0.2) is 17.0 Å². The van der Waals surface area contributed by atoms with Crippen molar-refractivity contribution in [2.75, 3.05) is 0 Å². The third-order valence-corrected chi connectivity index (χ3v) is 4.04. The molecule has 0 saturated heterocycles. The molecule has 0 aromatic heterocycles. The summed E-state index contributed by atoms with van der Waals surface area (Å²) in [5.74, 6) is -0.749. The fourth-order valence-electron chi connectivity index (χ4n) is 2.67. The third kappa shape index (κ3) is 3.77. The van der Waals surface area contributed by atoms with Crippen LogP contribution in [0.25, 0.3) is 0 Å². The molecule has 4 heteroatoms. The van der Waals surface area contributed by atoms with Gasteiger partial charge in [0.1, 0.15) is 11.9 Å². The Morgan fingerprint density at radius 2 is 2.05 bits per heavy atom. The van der Waals surface area contributed by atoms with Gasteiger partial charge in [-0.1, -0.05) is 36.9 Å². The molecule has 0 heterocycles. The van der Waals surface area contributed by atoms with Gasteiger partial charge in [-0.3, -0.25) is 4.79 Å². The van der Waals surface area contributed by atoms with Crippen molar-refractivity contribution < 1.29 is 14.3 Å². The molecule has 0 spiro atoms. The lowest BCUT2D eigenvalue weighted by molar-refractivity contribution is -0.129. The average Bonchev–Trinajstić information content (AvgIpc) is 2.42. The van der Waals surface area contributed by atoms with Crippen LogP contribution in [0.2, 0.25) is 5.02 Å². The van der Waals surface area contributed by atoms with Gasteiger partial charge in [0.2, 0.25) is 0 Å². The summed E-state index contributed by atoms with van der Waals surface area (Å²) in [5.41, 5.74) is 0.296. The topological polar surface area (TPSA) is 37.3 Å². The van der Waals surface area contributed by atoms with Crippen molar-refractivity contribution in [2.45, 2.75) is 44.6 Å². The van der Waals surface area contributed by atoms with Crippen LogP contribution in [0.1, 0.15) is 37.7 Å². The number of benzene rings is 1.